The van der Waals surface area contributed by atoms with Crippen molar-refractivity contribution in [1.82, 2.24) is 3.64 Å². The molecular weight excluding hydrogens is 309 g/mol. The molecule has 15 heavy (non-hydrogen) atoms. The highest BCUT2D eigenvalue weighted by Crippen LogP contribution is 2.18. The molecule has 0 saturated heterocycles. The minimum atomic E-state index is -0.765. The van der Waals surface area contributed by atoms with Crippen LogP contribution in [0.4, 0.5) is 10.5 Å². The molecule has 1 rings (SSSR count). The molecule has 0 aliphatic heterocycles. The van der Waals surface area contributed by atoms with Gasteiger partial charge in [-0.15, -0.1) is 0 Å². The van der Waals surface area contributed by atoms with E-state index in [1.807, 2.05) is 47.1 Å². The van der Waals surface area contributed by atoms with Crippen LogP contribution in [0, 0.1) is 0 Å². The van der Waals surface area contributed by atoms with E-state index in [0.717, 1.165) is 11.3 Å². The predicted molar refractivity (Wildman–Crippen MR) is 66.3 cm³/mol. The topological polar surface area (TPSA) is 76.4 Å². The van der Waals surface area contributed by atoms with E-state index in [-0.39, 0.29) is 6.10 Å². The van der Waals surface area contributed by atoms with Crippen molar-refractivity contribution in [3.05, 3.63) is 29.8 Å². The third kappa shape index (κ3) is 3.92. The van der Waals surface area contributed by atoms with E-state index in [0.29, 0.717) is 0 Å². The maximum atomic E-state index is 10.5. The number of carbonyl (C=O) groups excluding carboxylic acids is 1. The van der Waals surface area contributed by atoms with Crippen LogP contribution < -0.4 is 14.8 Å². The minimum Gasteiger partial charge on any atom is -0.442 e. The normalized spacial score (nSPS) is 11.9. The number of carbonyl (C=O) groups is 1. The number of primary amides is 1. The molecule has 0 aliphatic carbocycles. The van der Waals surface area contributed by atoms with Crippen molar-refractivity contribution in [3.8, 4) is 0 Å². The summed E-state index contributed by atoms with van der Waals surface area (Å²) in [5, 5.41) is 0. The van der Waals surface area contributed by atoms with Gasteiger partial charge in [0.05, 0.1) is 0 Å². The third-order valence-electron chi connectivity index (χ3n) is 1.86. The van der Waals surface area contributed by atoms with Crippen LogP contribution in [0.25, 0.3) is 0 Å². The zero-order chi connectivity index (χ0) is 11.3. The fourth-order valence-corrected chi connectivity index (χ4v) is 1.45. The van der Waals surface area contributed by atoms with Gasteiger partial charge in [0.2, 0.25) is 0 Å². The van der Waals surface area contributed by atoms with Gasteiger partial charge in [-0.3, -0.25) is 0 Å². The Kier molecular flexibility index (Phi) is 4.63. The van der Waals surface area contributed by atoms with Crippen molar-refractivity contribution in [1.29, 1.82) is 0 Å². The first-order chi connectivity index (χ1) is 7.13. The van der Waals surface area contributed by atoms with Crippen molar-refractivity contribution in [2.75, 3.05) is 5.43 Å². The Hall–Kier alpha value is -1.02. The van der Waals surface area contributed by atoms with Gasteiger partial charge in [-0.05, 0) is 24.6 Å². The van der Waals surface area contributed by atoms with Gasteiger partial charge < -0.3 is 15.9 Å². The van der Waals surface area contributed by atoms with E-state index in [1.54, 1.807) is 6.92 Å². The Morgan fingerprint density at radius 3 is 2.53 bits per heavy atom. The van der Waals surface area contributed by atoms with Gasteiger partial charge in [0.15, 0.2) is 0 Å². The molecule has 1 unspecified atom stereocenters. The summed E-state index contributed by atoms with van der Waals surface area (Å²) in [6.45, 7) is 1.77. The molecule has 4 N–H and O–H groups in total. The summed E-state index contributed by atoms with van der Waals surface area (Å²) < 4.78 is 7.62. The summed E-state index contributed by atoms with van der Waals surface area (Å²) in [5.74, 6) is 0. The molecule has 0 bridgehead atoms. The van der Waals surface area contributed by atoms with E-state index in [4.69, 9.17) is 10.5 Å². The lowest BCUT2D eigenvalue weighted by atomic mass is 10.1. The molecule has 82 valence electrons. The Bertz CT molecular complexity index is 329. The highest BCUT2D eigenvalue weighted by Gasteiger charge is 2.08. The number of halogens is 1. The second-order valence-electron chi connectivity index (χ2n) is 2.92. The van der Waals surface area contributed by atoms with Gasteiger partial charge in [0.25, 0.3) is 0 Å². The molecule has 0 aromatic heterocycles. The van der Waals surface area contributed by atoms with Gasteiger partial charge in [-0.2, -0.15) is 3.64 Å². The highest BCUT2D eigenvalue weighted by molar-refractivity contribution is 14.1. The van der Waals surface area contributed by atoms with Crippen LogP contribution in [0.2, 0.25) is 0 Å². The molecule has 0 aliphatic rings. The largest absolute Gasteiger partial charge is 0.442 e. The summed E-state index contributed by atoms with van der Waals surface area (Å²) in [4.78, 5) is 10.5. The Morgan fingerprint density at radius 1 is 1.47 bits per heavy atom. The van der Waals surface area contributed by atoms with Crippen LogP contribution in [0.5, 0.6) is 0 Å². The Labute approximate surface area is 102 Å². The summed E-state index contributed by atoms with van der Waals surface area (Å²) in [6, 6.07) is 7.48. The lowest BCUT2D eigenvalue weighted by Gasteiger charge is -2.12. The molecule has 1 atom stereocenters. The average molecular weight is 321 g/mol. The van der Waals surface area contributed by atoms with Gasteiger partial charge in [-0.1, -0.05) is 12.1 Å². The third-order valence-corrected chi connectivity index (χ3v) is 2.13. The van der Waals surface area contributed by atoms with E-state index >= 15 is 0 Å². The number of amides is 1. The lowest BCUT2D eigenvalue weighted by Crippen LogP contribution is -2.15. The number of hydrogen-bond acceptors (Lipinski definition) is 4. The fourth-order valence-electron chi connectivity index (χ4n) is 1.13. The van der Waals surface area contributed by atoms with E-state index in [1.165, 1.54) is 0 Å². The van der Waals surface area contributed by atoms with E-state index in [9.17, 15) is 4.79 Å². The van der Waals surface area contributed by atoms with E-state index in [2.05, 4.69) is 9.06 Å². The zero-order valence-corrected chi connectivity index (χ0v) is 10.3. The molecule has 0 heterocycles. The molecule has 0 fully saturated rings. The van der Waals surface area contributed by atoms with E-state index < -0.39 is 6.09 Å². The van der Waals surface area contributed by atoms with Crippen molar-refractivity contribution < 1.29 is 9.53 Å². The summed E-state index contributed by atoms with van der Waals surface area (Å²) >= 11 is 1.98. The molecule has 0 radical (unpaired) electrons. The molecular formula is C9H12IN3O2. The molecule has 0 saturated carbocycles. The van der Waals surface area contributed by atoms with Crippen LogP contribution in [0.15, 0.2) is 24.3 Å². The summed E-state index contributed by atoms with van der Waals surface area (Å²) in [7, 11) is 0. The molecule has 6 heteroatoms. The van der Waals surface area contributed by atoms with Crippen molar-refractivity contribution in [2.24, 2.45) is 5.73 Å². The summed E-state index contributed by atoms with van der Waals surface area (Å²) in [5.41, 5.74) is 9.67. The maximum absolute atomic E-state index is 10.5. The van der Waals surface area contributed by atoms with Crippen molar-refractivity contribution >= 4 is 34.6 Å². The van der Waals surface area contributed by atoms with Gasteiger partial charge in [0, 0.05) is 28.6 Å². The molecule has 5 nitrogen and oxygen atoms in total. The number of nitrogens with one attached hydrogen (secondary N) is 2. The van der Waals surface area contributed by atoms with Crippen LogP contribution in [-0.4, -0.2) is 6.09 Å². The van der Waals surface area contributed by atoms with Gasteiger partial charge >= 0.3 is 6.09 Å². The number of benzene rings is 1. The summed E-state index contributed by atoms with van der Waals surface area (Å²) in [6.07, 6.45) is -1.09. The first-order valence-corrected chi connectivity index (χ1v) is 5.39. The van der Waals surface area contributed by atoms with Crippen LogP contribution in [-0.2, 0) is 4.74 Å². The predicted octanol–water partition coefficient (Wildman–Crippen LogP) is 2.11. The second-order valence-corrected chi connectivity index (χ2v) is 3.46. The molecule has 1 aromatic carbocycles. The quantitative estimate of drug-likeness (QED) is 0.451. The minimum absolute atomic E-state index is 0.330. The molecule has 0 spiro atoms. The number of hydrogen-bond donors (Lipinski definition) is 3. The first kappa shape index (κ1) is 12.1. The number of rotatable bonds is 4. The monoisotopic (exact) mass is 321 g/mol. The Balaban J connectivity index is 2.66. The first-order valence-electron chi connectivity index (χ1n) is 4.31. The van der Waals surface area contributed by atoms with Gasteiger partial charge in [-0.25, -0.2) is 4.79 Å². The molecule has 1 aromatic rings. The highest BCUT2D eigenvalue weighted by atomic mass is 127. The SMILES string of the molecule is CC(OC(N)=O)c1ccc(NNI)cc1. The second kappa shape index (κ2) is 5.76. The fraction of sp³-hybridized carbons (Fsp3) is 0.222. The molecule has 1 amide bonds. The van der Waals surface area contributed by atoms with Crippen LogP contribution in [0.3, 0.4) is 0 Å². The maximum Gasteiger partial charge on any atom is 0.405 e. The number of anilines is 1. The van der Waals surface area contributed by atoms with Crippen molar-refractivity contribution in [2.45, 2.75) is 13.0 Å². The van der Waals surface area contributed by atoms with Crippen molar-refractivity contribution in [3.63, 3.8) is 0 Å². The number of hydrazine groups is 1. The smallest absolute Gasteiger partial charge is 0.405 e. The standard InChI is InChI=1S/C9H12IN3O2/c1-6(15-9(11)14)7-2-4-8(5-3-7)12-13-10/h2-6,12-13H,1H3,(H2,11,14). The zero-order valence-electron chi connectivity index (χ0n) is 8.16. The Morgan fingerprint density at radius 2 is 2.07 bits per heavy atom. The van der Waals surface area contributed by atoms with Gasteiger partial charge in [0.1, 0.15) is 6.10 Å². The van der Waals surface area contributed by atoms with Crippen LogP contribution >= 0.6 is 22.9 Å². The number of ether oxygens (including phenoxy) is 1. The lowest BCUT2D eigenvalue weighted by molar-refractivity contribution is 0.116. The average Bonchev–Trinajstić information content (AvgIpc) is 2.18. The van der Waals surface area contributed by atoms with Crippen LogP contribution in [0.1, 0.15) is 18.6 Å². The number of nitrogens with two attached hydrogens (primary N) is 1.